The van der Waals surface area contributed by atoms with Gasteiger partial charge < -0.3 is 0 Å². The van der Waals surface area contributed by atoms with Gasteiger partial charge in [0.2, 0.25) is 0 Å². The summed E-state index contributed by atoms with van der Waals surface area (Å²) in [4.78, 5) is 28.8. The first-order valence-corrected chi connectivity index (χ1v) is 11.3. The SMILES string of the molecule is CCc1ccc2nc(N(Cc3cccnc3)C(=O)c3nc4ccccc4s3)sc2c1. The third-order valence-electron chi connectivity index (χ3n) is 4.87. The molecule has 0 N–H and O–H groups in total. The van der Waals surface area contributed by atoms with Crippen LogP contribution in [-0.2, 0) is 13.0 Å². The van der Waals surface area contributed by atoms with Gasteiger partial charge in [-0.25, -0.2) is 9.97 Å². The maximum Gasteiger partial charge on any atom is 0.289 e. The number of hydrogen-bond acceptors (Lipinski definition) is 6. The van der Waals surface area contributed by atoms with E-state index in [-0.39, 0.29) is 5.91 Å². The summed E-state index contributed by atoms with van der Waals surface area (Å²) in [6, 6.07) is 17.9. The van der Waals surface area contributed by atoms with E-state index in [0.717, 1.165) is 32.4 Å². The molecule has 0 saturated heterocycles. The van der Waals surface area contributed by atoms with Crippen molar-refractivity contribution in [3.63, 3.8) is 0 Å². The van der Waals surface area contributed by atoms with Crippen molar-refractivity contribution in [3.05, 3.63) is 83.1 Å². The Morgan fingerprint density at radius 1 is 0.933 bits per heavy atom. The van der Waals surface area contributed by atoms with Crippen LogP contribution in [0.2, 0.25) is 0 Å². The summed E-state index contributed by atoms with van der Waals surface area (Å²) >= 11 is 2.95. The normalized spacial score (nSPS) is 11.2. The van der Waals surface area contributed by atoms with Crippen molar-refractivity contribution in [3.8, 4) is 0 Å². The third kappa shape index (κ3) is 3.58. The van der Waals surface area contributed by atoms with Gasteiger partial charge in [-0.3, -0.25) is 14.7 Å². The van der Waals surface area contributed by atoms with Crippen molar-refractivity contribution < 1.29 is 4.79 Å². The highest BCUT2D eigenvalue weighted by Crippen LogP contribution is 2.32. The van der Waals surface area contributed by atoms with Gasteiger partial charge in [0.15, 0.2) is 10.1 Å². The van der Waals surface area contributed by atoms with Gasteiger partial charge in [0.05, 0.1) is 27.0 Å². The van der Waals surface area contributed by atoms with Crippen LogP contribution in [0.15, 0.2) is 67.0 Å². The van der Waals surface area contributed by atoms with Crippen molar-refractivity contribution in [2.24, 2.45) is 0 Å². The van der Waals surface area contributed by atoms with Crippen molar-refractivity contribution in [1.29, 1.82) is 0 Å². The highest BCUT2D eigenvalue weighted by atomic mass is 32.1. The standard InChI is InChI=1S/C23H18N4OS2/c1-2-15-9-10-18-20(12-15)30-23(26-18)27(14-16-6-5-11-24-13-16)22(28)21-25-17-7-3-4-8-19(17)29-21/h3-13H,2,14H2,1H3. The summed E-state index contributed by atoms with van der Waals surface area (Å²) in [6.45, 7) is 2.53. The Hall–Kier alpha value is -3.16. The van der Waals surface area contributed by atoms with E-state index in [9.17, 15) is 4.79 Å². The van der Waals surface area contributed by atoms with Gasteiger partial charge >= 0.3 is 0 Å². The van der Waals surface area contributed by atoms with E-state index in [4.69, 9.17) is 4.98 Å². The molecule has 5 rings (SSSR count). The van der Waals surface area contributed by atoms with E-state index in [1.165, 1.54) is 28.2 Å². The van der Waals surface area contributed by atoms with Crippen LogP contribution in [0.25, 0.3) is 20.4 Å². The minimum Gasteiger partial charge on any atom is -0.277 e. The number of aryl methyl sites for hydroxylation is 1. The lowest BCUT2D eigenvalue weighted by Crippen LogP contribution is -2.30. The van der Waals surface area contributed by atoms with Crippen LogP contribution < -0.4 is 4.90 Å². The molecule has 3 aromatic heterocycles. The Kier molecular flexibility index (Phi) is 4.98. The number of pyridine rings is 1. The zero-order chi connectivity index (χ0) is 20.5. The second-order valence-electron chi connectivity index (χ2n) is 6.89. The zero-order valence-corrected chi connectivity index (χ0v) is 17.9. The molecule has 3 heterocycles. The van der Waals surface area contributed by atoms with Crippen molar-refractivity contribution in [2.45, 2.75) is 19.9 Å². The lowest BCUT2D eigenvalue weighted by atomic mass is 10.2. The molecule has 5 nitrogen and oxygen atoms in total. The van der Waals surface area contributed by atoms with Gasteiger partial charge in [-0.15, -0.1) is 11.3 Å². The van der Waals surface area contributed by atoms with E-state index < -0.39 is 0 Å². The number of aromatic nitrogens is 3. The first kappa shape index (κ1) is 18.8. The Labute approximate surface area is 181 Å². The van der Waals surface area contributed by atoms with Crippen LogP contribution in [-0.4, -0.2) is 20.9 Å². The second-order valence-corrected chi connectivity index (χ2v) is 8.93. The van der Waals surface area contributed by atoms with Crippen LogP contribution in [0.5, 0.6) is 0 Å². The minimum atomic E-state index is -0.144. The molecule has 0 saturated carbocycles. The summed E-state index contributed by atoms with van der Waals surface area (Å²) in [5.74, 6) is -0.144. The summed E-state index contributed by atoms with van der Waals surface area (Å²) < 4.78 is 2.08. The molecule has 0 unspecified atom stereocenters. The molecule has 0 aliphatic carbocycles. The molecule has 1 amide bonds. The summed E-state index contributed by atoms with van der Waals surface area (Å²) in [5.41, 5.74) is 3.94. The second kappa shape index (κ2) is 7.93. The number of carbonyl (C=O) groups is 1. The van der Waals surface area contributed by atoms with E-state index in [2.05, 4.69) is 29.0 Å². The van der Waals surface area contributed by atoms with E-state index >= 15 is 0 Å². The third-order valence-corrected chi connectivity index (χ3v) is 6.93. The number of carbonyl (C=O) groups excluding carboxylic acids is 1. The Balaban J connectivity index is 1.58. The number of hydrogen-bond donors (Lipinski definition) is 0. The molecule has 7 heteroatoms. The van der Waals surface area contributed by atoms with E-state index in [0.29, 0.717) is 16.7 Å². The maximum absolute atomic E-state index is 13.5. The van der Waals surface area contributed by atoms with Crippen molar-refractivity contribution in [1.82, 2.24) is 15.0 Å². The van der Waals surface area contributed by atoms with Crippen molar-refractivity contribution >= 4 is 54.1 Å². The molecule has 0 fully saturated rings. The Morgan fingerprint density at radius 2 is 1.80 bits per heavy atom. The number of amides is 1. The fraction of sp³-hybridized carbons (Fsp3) is 0.130. The van der Waals surface area contributed by atoms with Crippen LogP contribution in [0.3, 0.4) is 0 Å². The summed E-state index contributed by atoms with van der Waals surface area (Å²) in [5, 5.41) is 1.14. The number of anilines is 1. The fourth-order valence-electron chi connectivity index (χ4n) is 3.27. The molecule has 0 aliphatic rings. The summed E-state index contributed by atoms with van der Waals surface area (Å²) in [7, 11) is 0. The lowest BCUT2D eigenvalue weighted by Gasteiger charge is -2.18. The molecule has 5 aromatic rings. The van der Waals surface area contributed by atoms with Gasteiger partial charge in [0.25, 0.3) is 5.91 Å². The molecule has 2 aromatic carbocycles. The number of para-hydroxylation sites is 1. The van der Waals surface area contributed by atoms with Crippen LogP contribution >= 0.6 is 22.7 Å². The smallest absolute Gasteiger partial charge is 0.277 e. The summed E-state index contributed by atoms with van der Waals surface area (Å²) in [6.07, 6.45) is 4.47. The van der Waals surface area contributed by atoms with Gasteiger partial charge in [0.1, 0.15) is 0 Å². The Bertz CT molecular complexity index is 1310. The molecule has 0 bridgehead atoms. The number of nitrogens with zero attached hydrogens (tertiary/aromatic N) is 4. The molecule has 0 atom stereocenters. The first-order valence-electron chi connectivity index (χ1n) is 9.67. The van der Waals surface area contributed by atoms with E-state index in [1.54, 1.807) is 17.3 Å². The molecule has 0 aliphatic heterocycles. The average Bonchev–Trinajstić information content (AvgIpc) is 3.41. The molecular weight excluding hydrogens is 412 g/mol. The maximum atomic E-state index is 13.5. The molecule has 0 radical (unpaired) electrons. The van der Waals surface area contributed by atoms with Gasteiger partial charge in [-0.05, 0) is 47.9 Å². The van der Waals surface area contributed by atoms with Crippen molar-refractivity contribution in [2.75, 3.05) is 4.90 Å². The predicted octanol–water partition coefficient (Wildman–Crippen LogP) is 5.71. The number of fused-ring (bicyclic) bond motifs is 2. The van der Waals surface area contributed by atoms with Gasteiger partial charge in [0, 0.05) is 12.4 Å². The largest absolute Gasteiger partial charge is 0.289 e. The molecule has 30 heavy (non-hydrogen) atoms. The van der Waals surface area contributed by atoms with Crippen LogP contribution in [0, 0.1) is 0 Å². The number of rotatable bonds is 5. The number of benzene rings is 2. The lowest BCUT2D eigenvalue weighted by molar-refractivity contribution is 0.0985. The van der Waals surface area contributed by atoms with E-state index in [1.807, 2.05) is 42.5 Å². The van der Waals surface area contributed by atoms with Gasteiger partial charge in [-0.1, -0.05) is 42.5 Å². The molecule has 148 valence electrons. The Morgan fingerprint density at radius 3 is 2.60 bits per heavy atom. The highest BCUT2D eigenvalue weighted by Gasteiger charge is 2.24. The zero-order valence-electron chi connectivity index (χ0n) is 16.3. The fourth-order valence-corrected chi connectivity index (χ4v) is 5.21. The van der Waals surface area contributed by atoms with Gasteiger partial charge in [-0.2, -0.15) is 0 Å². The highest BCUT2D eigenvalue weighted by molar-refractivity contribution is 7.23. The van der Waals surface area contributed by atoms with Crippen LogP contribution in [0.1, 0.15) is 27.9 Å². The minimum absolute atomic E-state index is 0.144. The monoisotopic (exact) mass is 430 g/mol. The molecular formula is C23H18N4OS2. The average molecular weight is 431 g/mol. The predicted molar refractivity (Wildman–Crippen MR) is 123 cm³/mol. The molecule has 0 spiro atoms. The number of thiazole rings is 2. The first-order chi connectivity index (χ1) is 14.7. The quantitative estimate of drug-likeness (QED) is 0.358. The van der Waals surface area contributed by atoms with Crippen LogP contribution in [0.4, 0.5) is 5.13 Å². The topological polar surface area (TPSA) is 59.0 Å².